The number of nitrogens with zero attached hydrogens (tertiary/aromatic N) is 4. The summed E-state index contributed by atoms with van der Waals surface area (Å²) in [6.07, 6.45) is -3.87. The molecule has 43 heavy (non-hydrogen) atoms. The molecule has 0 spiro atoms. The largest absolute Gasteiger partial charge is 0.490 e. The molecule has 6 atom stereocenters. The minimum absolute atomic E-state index is 0.0133. The number of aliphatic hydroxyl groups is 1. The fraction of sp³-hybridized carbons (Fsp3) is 0.238. The van der Waals surface area contributed by atoms with Crippen LogP contribution < -0.4 is 5.73 Å². The standard InChI is InChI=1S/C21H22N5O14P3/c22-18-15-19(24-9-23-18)26(10-25-15)20-16(27)17(38-21(28)13-7-3-5-11-4-1-2-6-12(11)13)14(37-20)8-36-42(32,33)40-43(34,35)39-41(29,30)31/h1-7,9-10,14,16-17,20,27H,8H2,(H,32,33)(H,34,35)(H2,22,23,24)(H2,29,30,31)/t14-,16-,17-,20-/m1/s1. The summed E-state index contributed by atoms with van der Waals surface area (Å²) in [5.74, 6) is -0.894. The predicted octanol–water partition coefficient (Wildman–Crippen LogP) is 1.39. The second kappa shape index (κ2) is 11.7. The maximum absolute atomic E-state index is 13.3. The summed E-state index contributed by atoms with van der Waals surface area (Å²) in [5.41, 5.74) is 6.21. The smallest absolute Gasteiger partial charge is 0.453 e. The van der Waals surface area contributed by atoms with Crippen molar-refractivity contribution >= 4 is 57.2 Å². The van der Waals surface area contributed by atoms with Gasteiger partial charge in [-0.25, -0.2) is 33.4 Å². The fourth-order valence-electron chi connectivity index (χ4n) is 4.35. The molecular formula is C21H22N5O14P3. The summed E-state index contributed by atoms with van der Waals surface area (Å²) in [6.45, 7) is -1.02. The average molecular weight is 661 g/mol. The van der Waals surface area contributed by atoms with E-state index in [-0.39, 0.29) is 22.5 Å². The molecule has 1 saturated heterocycles. The van der Waals surface area contributed by atoms with Crippen molar-refractivity contribution in [2.24, 2.45) is 0 Å². The highest BCUT2D eigenvalue weighted by Gasteiger charge is 2.49. The van der Waals surface area contributed by atoms with E-state index in [1.54, 1.807) is 36.4 Å². The highest BCUT2D eigenvalue weighted by atomic mass is 31.3. The number of hydrogen-bond acceptors (Lipinski definition) is 14. The van der Waals surface area contributed by atoms with Crippen LogP contribution in [0.4, 0.5) is 5.82 Å². The van der Waals surface area contributed by atoms with Gasteiger partial charge in [-0.1, -0.05) is 36.4 Å². The molecule has 1 aliphatic heterocycles. The molecule has 5 rings (SSSR count). The van der Waals surface area contributed by atoms with Gasteiger partial charge in [0.15, 0.2) is 23.8 Å². The number of hydrogen-bond donors (Lipinski definition) is 6. The van der Waals surface area contributed by atoms with Crippen LogP contribution in [0, 0.1) is 0 Å². The average Bonchev–Trinajstić information content (AvgIpc) is 3.47. The van der Waals surface area contributed by atoms with Gasteiger partial charge in [0.25, 0.3) is 0 Å². The van der Waals surface area contributed by atoms with Gasteiger partial charge < -0.3 is 39.9 Å². The third kappa shape index (κ3) is 6.99. The molecule has 4 aromatic rings. The second-order valence-corrected chi connectivity index (χ2v) is 13.3. The third-order valence-corrected chi connectivity index (χ3v) is 9.84. The van der Waals surface area contributed by atoms with Crippen molar-refractivity contribution < 1.29 is 65.8 Å². The number of aromatic nitrogens is 4. The van der Waals surface area contributed by atoms with Crippen LogP contribution >= 0.6 is 23.5 Å². The second-order valence-electron chi connectivity index (χ2n) is 8.92. The number of benzene rings is 2. The Labute approximate surface area is 240 Å². The van der Waals surface area contributed by atoms with E-state index >= 15 is 0 Å². The number of rotatable bonds is 10. The highest BCUT2D eigenvalue weighted by Crippen LogP contribution is 2.66. The molecule has 0 aliphatic carbocycles. The van der Waals surface area contributed by atoms with Crippen molar-refractivity contribution in [1.82, 2.24) is 19.5 Å². The minimum atomic E-state index is -5.81. The Bertz CT molecular complexity index is 1830. The molecule has 0 bridgehead atoms. The van der Waals surface area contributed by atoms with Gasteiger partial charge in [0, 0.05) is 0 Å². The van der Waals surface area contributed by atoms with E-state index in [4.69, 9.17) is 29.5 Å². The Morgan fingerprint density at radius 3 is 2.44 bits per heavy atom. The number of nitrogens with two attached hydrogens (primary N) is 1. The molecule has 3 heterocycles. The van der Waals surface area contributed by atoms with Crippen LogP contribution in [0.1, 0.15) is 16.6 Å². The summed E-state index contributed by atoms with van der Waals surface area (Å²) in [7, 11) is -17.0. The number of esters is 1. The molecule has 19 nitrogen and oxygen atoms in total. The first-order chi connectivity index (χ1) is 20.1. The Hall–Kier alpha value is -3.15. The summed E-state index contributed by atoms with van der Waals surface area (Å²) < 4.78 is 59.7. The molecule has 2 unspecified atom stereocenters. The van der Waals surface area contributed by atoms with Crippen LogP contribution in [0.15, 0.2) is 55.1 Å². The van der Waals surface area contributed by atoms with E-state index in [1.165, 1.54) is 17.0 Å². The summed E-state index contributed by atoms with van der Waals surface area (Å²) in [4.78, 5) is 62.1. The Balaban J connectivity index is 1.42. The van der Waals surface area contributed by atoms with E-state index in [9.17, 15) is 33.4 Å². The number of aliphatic hydroxyl groups excluding tert-OH is 1. The van der Waals surface area contributed by atoms with Crippen molar-refractivity contribution in [2.45, 2.75) is 24.5 Å². The first-order valence-corrected chi connectivity index (χ1v) is 16.4. The topological polar surface area (TPSA) is 285 Å². The number of carbonyl (C=O) groups excluding carboxylic acids is 1. The Morgan fingerprint density at radius 2 is 1.70 bits per heavy atom. The quantitative estimate of drug-likeness (QED) is 0.103. The molecular weight excluding hydrogens is 639 g/mol. The van der Waals surface area contributed by atoms with Crippen molar-refractivity contribution in [3.8, 4) is 0 Å². The lowest BCUT2D eigenvalue weighted by Crippen LogP contribution is -2.38. The van der Waals surface area contributed by atoms with Crippen molar-refractivity contribution in [3.63, 3.8) is 0 Å². The van der Waals surface area contributed by atoms with Gasteiger partial charge >= 0.3 is 29.4 Å². The number of phosphoric acid groups is 3. The number of fused-ring (bicyclic) bond motifs is 2. The zero-order valence-corrected chi connectivity index (χ0v) is 24.0. The van der Waals surface area contributed by atoms with E-state index in [2.05, 4.69) is 23.6 Å². The zero-order valence-electron chi connectivity index (χ0n) is 21.3. The van der Waals surface area contributed by atoms with Crippen molar-refractivity contribution in [1.29, 1.82) is 0 Å². The minimum Gasteiger partial charge on any atom is -0.453 e. The highest BCUT2D eigenvalue weighted by molar-refractivity contribution is 7.66. The number of nitrogen functional groups attached to an aromatic ring is 1. The third-order valence-electron chi connectivity index (χ3n) is 6.04. The SMILES string of the molecule is Nc1ncnc2c1ncn2[C@@H]1O[C@H](COP(=O)(O)OP(=O)(O)OP(=O)(O)O)[C@@H](OC(=O)c2cccc3ccccc23)[C@H]1O. The van der Waals surface area contributed by atoms with E-state index in [0.717, 1.165) is 6.33 Å². The summed E-state index contributed by atoms with van der Waals surface area (Å²) >= 11 is 0. The van der Waals surface area contributed by atoms with Crippen LogP contribution in [0.25, 0.3) is 21.9 Å². The van der Waals surface area contributed by atoms with Crippen molar-refractivity contribution in [3.05, 3.63) is 60.7 Å². The number of anilines is 1. The van der Waals surface area contributed by atoms with Gasteiger partial charge in [0.2, 0.25) is 0 Å². The van der Waals surface area contributed by atoms with E-state index in [1.807, 2.05) is 0 Å². The number of carbonyl (C=O) groups is 1. The number of phosphoric ester groups is 1. The van der Waals surface area contributed by atoms with Gasteiger partial charge in [-0.2, -0.15) is 8.62 Å². The van der Waals surface area contributed by atoms with E-state index in [0.29, 0.717) is 10.8 Å². The molecule has 2 aromatic carbocycles. The van der Waals surface area contributed by atoms with Crippen molar-refractivity contribution in [2.75, 3.05) is 12.3 Å². The molecule has 22 heteroatoms. The molecule has 0 saturated carbocycles. The van der Waals surface area contributed by atoms with E-state index < -0.39 is 60.6 Å². The molecule has 1 aliphatic rings. The van der Waals surface area contributed by atoms with Crippen LogP contribution in [0.2, 0.25) is 0 Å². The first-order valence-electron chi connectivity index (χ1n) is 11.9. The maximum Gasteiger partial charge on any atom is 0.490 e. The van der Waals surface area contributed by atoms with Crippen LogP contribution in [0.3, 0.4) is 0 Å². The molecule has 7 N–H and O–H groups in total. The van der Waals surface area contributed by atoms with Gasteiger partial charge in [0.05, 0.1) is 18.5 Å². The summed E-state index contributed by atoms with van der Waals surface area (Å²) in [5, 5.41) is 12.5. The molecule has 2 aromatic heterocycles. The maximum atomic E-state index is 13.3. The Morgan fingerprint density at radius 1 is 0.977 bits per heavy atom. The van der Waals surface area contributed by atoms with Gasteiger partial charge in [0.1, 0.15) is 24.1 Å². The molecule has 0 radical (unpaired) electrons. The van der Waals surface area contributed by atoms with Crippen LogP contribution in [-0.4, -0.2) is 75.1 Å². The molecule has 0 amide bonds. The number of imidazole rings is 1. The lowest BCUT2D eigenvalue weighted by molar-refractivity contribution is -0.0520. The normalized spacial score (nSPS) is 23.7. The van der Waals surface area contributed by atoms with Crippen LogP contribution in [0.5, 0.6) is 0 Å². The van der Waals surface area contributed by atoms with Gasteiger partial charge in [-0.05, 0) is 16.8 Å². The molecule has 1 fully saturated rings. The molecule has 230 valence electrons. The lowest BCUT2D eigenvalue weighted by atomic mass is 10.0. The fourth-order valence-corrected chi connectivity index (χ4v) is 7.38. The first kappa shape index (κ1) is 31.3. The monoisotopic (exact) mass is 661 g/mol. The van der Waals surface area contributed by atoms with Crippen LogP contribution in [-0.2, 0) is 36.3 Å². The lowest BCUT2D eigenvalue weighted by Gasteiger charge is -2.22. The zero-order chi connectivity index (χ0) is 31.2. The van der Waals surface area contributed by atoms with Gasteiger partial charge in [-0.3, -0.25) is 9.09 Å². The van der Waals surface area contributed by atoms with Gasteiger partial charge in [-0.15, -0.1) is 0 Å². The number of ether oxygens (including phenoxy) is 2. The summed E-state index contributed by atoms with van der Waals surface area (Å²) in [6, 6.07) is 11.8. The predicted molar refractivity (Wildman–Crippen MR) is 143 cm³/mol. The Kier molecular flexibility index (Phi) is 8.54.